The molecule has 3 rings (SSSR count). The number of halogens is 1. The summed E-state index contributed by atoms with van der Waals surface area (Å²) in [4.78, 5) is 26.6. The second kappa shape index (κ2) is 7.38. The van der Waals surface area contributed by atoms with Gasteiger partial charge in [0.15, 0.2) is 5.76 Å². The maximum atomic E-state index is 12.7. The first kappa shape index (κ1) is 18.5. The third-order valence-electron chi connectivity index (χ3n) is 4.21. The Morgan fingerprint density at radius 2 is 2.25 bits per heavy atom. The van der Waals surface area contributed by atoms with Crippen LogP contribution in [0.15, 0.2) is 34.3 Å². The zero-order chi connectivity index (χ0) is 16.4. The van der Waals surface area contributed by atoms with Crippen molar-refractivity contribution in [3.8, 4) is 0 Å². The minimum atomic E-state index is -0.361. The molecule has 24 heavy (non-hydrogen) atoms. The van der Waals surface area contributed by atoms with E-state index in [0.29, 0.717) is 30.2 Å². The van der Waals surface area contributed by atoms with Crippen LogP contribution in [0.25, 0.3) is 0 Å². The average molecular weight is 370 g/mol. The molecule has 0 radical (unpaired) electrons. The van der Waals surface area contributed by atoms with Gasteiger partial charge in [-0.1, -0.05) is 6.92 Å². The summed E-state index contributed by atoms with van der Waals surface area (Å²) in [6.45, 7) is 3.98. The summed E-state index contributed by atoms with van der Waals surface area (Å²) in [5.41, 5.74) is 6.28. The molecule has 0 aromatic carbocycles. The number of nitrogens with zero attached hydrogens (tertiary/aromatic N) is 1. The molecule has 0 aliphatic carbocycles. The normalized spacial score (nSPS) is 19.8. The molecule has 1 unspecified atom stereocenters. The molecule has 1 atom stereocenters. The molecular formula is C16H20ClN3O3S. The molecule has 1 aliphatic heterocycles. The molecule has 6 nitrogen and oxygen atoms in total. The van der Waals surface area contributed by atoms with Gasteiger partial charge in [-0.3, -0.25) is 9.59 Å². The van der Waals surface area contributed by atoms with Gasteiger partial charge in [0.1, 0.15) is 5.00 Å². The second-order valence-corrected chi connectivity index (χ2v) is 7.00. The van der Waals surface area contributed by atoms with E-state index < -0.39 is 0 Å². The molecule has 1 aliphatic rings. The lowest BCUT2D eigenvalue weighted by molar-refractivity contribution is 0.0778. The molecule has 2 aromatic rings. The van der Waals surface area contributed by atoms with Gasteiger partial charge in [0.25, 0.3) is 11.8 Å². The number of amides is 2. The largest absolute Gasteiger partial charge is 0.459 e. The summed E-state index contributed by atoms with van der Waals surface area (Å²) >= 11 is 1.32. The molecule has 1 saturated heterocycles. The molecule has 2 aromatic heterocycles. The Balaban J connectivity index is 0.00000208. The van der Waals surface area contributed by atoms with Gasteiger partial charge < -0.3 is 20.4 Å². The van der Waals surface area contributed by atoms with Crippen molar-refractivity contribution in [1.29, 1.82) is 0 Å². The fraction of sp³-hybridized carbons (Fsp3) is 0.375. The summed E-state index contributed by atoms with van der Waals surface area (Å²) in [6, 6.07) is 4.97. The number of rotatable bonds is 4. The Morgan fingerprint density at radius 3 is 2.88 bits per heavy atom. The van der Waals surface area contributed by atoms with Crippen LogP contribution >= 0.6 is 23.7 Å². The third-order valence-corrected chi connectivity index (χ3v) is 5.04. The van der Waals surface area contributed by atoms with E-state index in [0.717, 1.165) is 6.42 Å². The van der Waals surface area contributed by atoms with Crippen molar-refractivity contribution in [3.63, 3.8) is 0 Å². The third kappa shape index (κ3) is 3.63. The number of furan rings is 1. The van der Waals surface area contributed by atoms with Crippen molar-refractivity contribution < 1.29 is 14.0 Å². The number of nitrogens with two attached hydrogens (primary N) is 1. The van der Waals surface area contributed by atoms with Gasteiger partial charge >= 0.3 is 0 Å². The highest BCUT2D eigenvalue weighted by Gasteiger charge is 2.36. The first-order valence-corrected chi connectivity index (χ1v) is 8.32. The zero-order valence-electron chi connectivity index (χ0n) is 13.3. The number of anilines is 1. The Hall–Kier alpha value is -1.83. The molecule has 2 amide bonds. The van der Waals surface area contributed by atoms with Crippen LogP contribution in [-0.4, -0.2) is 36.3 Å². The van der Waals surface area contributed by atoms with E-state index in [4.69, 9.17) is 10.2 Å². The highest BCUT2D eigenvalue weighted by Crippen LogP contribution is 2.32. The summed E-state index contributed by atoms with van der Waals surface area (Å²) in [5, 5.41) is 5.08. The lowest BCUT2D eigenvalue weighted by Crippen LogP contribution is -2.34. The number of nitrogens with one attached hydrogen (secondary N) is 1. The fourth-order valence-corrected chi connectivity index (χ4v) is 3.46. The number of likely N-dealkylation sites (tertiary alicyclic amines) is 1. The first-order chi connectivity index (χ1) is 11.0. The Morgan fingerprint density at radius 1 is 1.46 bits per heavy atom. The van der Waals surface area contributed by atoms with E-state index in [1.54, 1.807) is 28.5 Å². The molecule has 130 valence electrons. The average Bonchev–Trinajstić information content (AvgIpc) is 3.27. The highest BCUT2D eigenvalue weighted by atomic mass is 35.5. The number of hydrogen-bond donors (Lipinski definition) is 2. The number of hydrogen-bond acceptors (Lipinski definition) is 5. The number of carbonyl (C=O) groups is 2. The van der Waals surface area contributed by atoms with Gasteiger partial charge in [-0.25, -0.2) is 0 Å². The molecule has 0 spiro atoms. The Labute approximate surface area is 150 Å². The van der Waals surface area contributed by atoms with Crippen molar-refractivity contribution in [3.05, 3.63) is 41.2 Å². The van der Waals surface area contributed by atoms with Crippen LogP contribution in [0.3, 0.4) is 0 Å². The van der Waals surface area contributed by atoms with E-state index in [9.17, 15) is 9.59 Å². The van der Waals surface area contributed by atoms with Crippen LogP contribution in [0.2, 0.25) is 0 Å². The lowest BCUT2D eigenvalue weighted by atomic mass is 9.90. The van der Waals surface area contributed by atoms with Crippen LogP contribution < -0.4 is 11.1 Å². The molecule has 0 bridgehead atoms. The minimum absolute atomic E-state index is 0. The molecule has 1 fully saturated rings. The number of thiophene rings is 1. The molecule has 8 heteroatoms. The van der Waals surface area contributed by atoms with Crippen molar-refractivity contribution in [2.75, 3.05) is 25.0 Å². The molecule has 3 N–H and O–H groups in total. The van der Waals surface area contributed by atoms with Crippen LogP contribution in [0, 0.1) is 5.41 Å². The fourth-order valence-electron chi connectivity index (χ4n) is 2.68. The van der Waals surface area contributed by atoms with Crippen molar-refractivity contribution in [2.24, 2.45) is 11.1 Å². The molecule has 3 heterocycles. The smallest absolute Gasteiger partial charge is 0.291 e. The maximum Gasteiger partial charge on any atom is 0.291 e. The lowest BCUT2D eigenvalue weighted by Gasteiger charge is -2.22. The van der Waals surface area contributed by atoms with E-state index in [-0.39, 0.29) is 35.4 Å². The summed E-state index contributed by atoms with van der Waals surface area (Å²) < 4.78 is 5.07. The van der Waals surface area contributed by atoms with Gasteiger partial charge in [0.2, 0.25) is 0 Å². The zero-order valence-corrected chi connectivity index (χ0v) is 14.9. The van der Waals surface area contributed by atoms with E-state index in [2.05, 4.69) is 12.2 Å². The van der Waals surface area contributed by atoms with Gasteiger partial charge in [-0.2, -0.15) is 0 Å². The van der Waals surface area contributed by atoms with E-state index >= 15 is 0 Å². The van der Waals surface area contributed by atoms with Crippen molar-refractivity contribution >= 4 is 40.6 Å². The molecular weight excluding hydrogens is 350 g/mol. The summed E-state index contributed by atoms with van der Waals surface area (Å²) in [6.07, 6.45) is 2.33. The topological polar surface area (TPSA) is 88.6 Å². The highest BCUT2D eigenvalue weighted by molar-refractivity contribution is 7.14. The van der Waals surface area contributed by atoms with Crippen molar-refractivity contribution in [2.45, 2.75) is 13.3 Å². The predicted octanol–water partition coefficient (Wildman–Crippen LogP) is 2.83. The Bertz CT molecular complexity index is 716. The van der Waals surface area contributed by atoms with Crippen LogP contribution in [0.4, 0.5) is 5.00 Å². The van der Waals surface area contributed by atoms with E-state index in [1.165, 1.54) is 17.6 Å². The maximum absolute atomic E-state index is 12.7. The minimum Gasteiger partial charge on any atom is -0.459 e. The number of carbonyl (C=O) groups excluding carboxylic acids is 2. The first-order valence-electron chi connectivity index (χ1n) is 7.44. The second-order valence-electron chi connectivity index (χ2n) is 6.09. The van der Waals surface area contributed by atoms with E-state index in [1.807, 2.05) is 0 Å². The quantitative estimate of drug-likeness (QED) is 0.867. The summed E-state index contributed by atoms with van der Waals surface area (Å²) in [5.74, 6) is -0.216. The Kier molecular flexibility index (Phi) is 5.69. The van der Waals surface area contributed by atoms with Crippen LogP contribution in [0.5, 0.6) is 0 Å². The van der Waals surface area contributed by atoms with Crippen molar-refractivity contribution in [1.82, 2.24) is 4.90 Å². The standard InChI is InChI=1S/C16H19N3O3S.ClH/c1-16(9-17)5-6-19(10-16)15(21)11-4-8-23-14(11)18-13(20)12-3-2-7-22-12;/h2-4,7-8H,5-6,9-10,17H2,1H3,(H,18,20);1H. The molecule has 0 saturated carbocycles. The summed E-state index contributed by atoms with van der Waals surface area (Å²) in [7, 11) is 0. The van der Waals surface area contributed by atoms with Crippen LogP contribution in [-0.2, 0) is 0 Å². The predicted molar refractivity (Wildman–Crippen MR) is 95.9 cm³/mol. The monoisotopic (exact) mass is 369 g/mol. The van der Waals surface area contributed by atoms with Gasteiger partial charge in [0.05, 0.1) is 11.8 Å². The van der Waals surface area contributed by atoms with Gasteiger partial charge in [-0.05, 0) is 42.0 Å². The van der Waals surface area contributed by atoms with Gasteiger partial charge in [-0.15, -0.1) is 23.7 Å². The van der Waals surface area contributed by atoms with Crippen LogP contribution in [0.1, 0.15) is 34.3 Å². The SMILES string of the molecule is CC1(CN)CCN(C(=O)c2ccsc2NC(=O)c2ccco2)C1.Cl. The van der Waals surface area contributed by atoms with Gasteiger partial charge in [0, 0.05) is 13.1 Å².